The number of halogens is 2. The number of rotatable bonds is 15. The zero-order valence-corrected chi connectivity index (χ0v) is 25.6. The predicted octanol–water partition coefficient (Wildman–Crippen LogP) is 0.835. The van der Waals surface area contributed by atoms with E-state index >= 15 is 0 Å². The third-order valence-corrected chi connectivity index (χ3v) is 8.00. The van der Waals surface area contributed by atoms with E-state index in [0.29, 0.717) is 63.3 Å². The smallest absolute Gasteiger partial charge is 0.163 e. The first-order valence-electron chi connectivity index (χ1n) is 13.3. The van der Waals surface area contributed by atoms with Gasteiger partial charge in [0.2, 0.25) is 0 Å². The summed E-state index contributed by atoms with van der Waals surface area (Å²) in [4.78, 5) is 19.5. The van der Waals surface area contributed by atoms with Crippen LogP contribution >= 0.6 is 22.9 Å². The fourth-order valence-electron chi connectivity index (χ4n) is 4.47. The minimum atomic E-state index is -0.441. The molecule has 9 nitrogen and oxygen atoms in total. The van der Waals surface area contributed by atoms with E-state index in [1.54, 1.807) is 11.3 Å². The fourth-order valence-corrected chi connectivity index (χ4v) is 5.81. The number of ether oxygens (including phenoxy) is 3. The van der Waals surface area contributed by atoms with Crippen LogP contribution in [0.3, 0.4) is 0 Å². The zero-order chi connectivity index (χ0) is 27.8. The lowest BCUT2D eigenvalue weighted by Crippen LogP contribution is -3.00. The van der Waals surface area contributed by atoms with Gasteiger partial charge in [0.05, 0.1) is 45.3 Å². The van der Waals surface area contributed by atoms with Crippen LogP contribution in [-0.2, 0) is 19.0 Å². The van der Waals surface area contributed by atoms with Gasteiger partial charge in [-0.05, 0) is 44.9 Å². The Hall–Kier alpha value is -2.18. The lowest BCUT2D eigenvalue weighted by atomic mass is 9.99. The molecule has 1 aliphatic heterocycles. The Morgan fingerprint density at radius 3 is 2.33 bits per heavy atom. The standard InChI is InChI=1S/C28H36ClN5O4S.ClH/c1-18-19(2)39-28-25(18)26(21-6-8-22(29)9-7-21)31-24(27-33-32-20(3)34(27)28)17-23(35)5-4-11-36-13-15-38-16-14-37-12-10-30;/h6-9,24H,4-5,10-17,30H2,1-3H3;1H/t24-;/m0./s1. The van der Waals surface area contributed by atoms with E-state index in [4.69, 9.17) is 30.8 Å². The molecule has 0 unspecified atom stereocenters. The first-order chi connectivity index (χ1) is 18.9. The van der Waals surface area contributed by atoms with Crippen LogP contribution in [0.1, 0.15) is 58.5 Å². The van der Waals surface area contributed by atoms with Crippen LogP contribution in [0.15, 0.2) is 29.3 Å². The minimum Gasteiger partial charge on any atom is -1.00 e. The molecule has 218 valence electrons. The lowest BCUT2D eigenvalue weighted by Gasteiger charge is -2.12. The molecule has 2 aromatic heterocycles. The summed E-state index contributed by atoms with van der Waals surface area (Å²) >= 11 is 7.88. The van der Waals surface area contributed by atoms with Crippen LogP contribution < -0.4 is 18.1 Å². The van der Waals surface area contributed by atoms with Crippen molar-refractivity contribution < 1.29 is 37.1 Å². The summed E-state index contributed by atoms with van der Waals surface area (Å²) in [5.41, 5.74) is 7.76. The Labute approximate surface area is 250 Å². The van der Waals surface area contributed by atoms with Crippen molar-refractivity contribution in [2.24, 2.45) is 4.99 Å². The molecule has 4 rings (SSSR count). The third kappa shape index (κ3) is 7.97. The van der Waals surface area contributed by atoms with Crippen molar-refractivity contribution in [3.05, 3.63) is 62.5 Å². The Morgan fingerprint density at radius 1 is 1.00 bits per heavy atom. The number of hydrogen-bond acceptors (Lipinski definition) is 8. The van der Waals surface area contributed by atoms with E-state index in [1.165, 1.54) is 10.4 Å². The van der Waals surface area contributed by atoms with Crippen LogP contribution in [0.25, 0.3) is 5.00 Å². The molecule has 3 heterocycles. The first kappa shape index (κ1) is 32.3. The molecule has 3 N–H and O–H groups in total. The molecule has 0 saturated heterocycles. The summed E-state index contributed by atoms with van der Waals surface area (Å²) < 4.78 is 18.5. The van der Waals surface area contributed by atoms with E-state index < -0.39 is 6.04 Å². The van der Waals surface area contributed by atoms with Gasteiger partial charge in [0.1, 0.15) is 22.7 Å². The second-order valence-corrected chi connectivity index (χ2v) is 11.1. The number of hydrogen-bond donors (Lipinski definition) is 1. The molecule has 0 bridgehead atoms. The highest BCUT2D eigenvalue weighted by Gasteiger charge is 2.32. The highest BCUT2D eigenvalue weighted by molar-refractivity contribution is 7.15. The molecule has 3 aromatic rings. The van der Waals surface area contributed by atoms with E-state index in [0.717, 1.165) is 34.2 Å². The molecule has 1 atom stereocenters. The molecule has 0 radical (unpaired) electrons. The van der Waals surface area contributed by atoms with Gasteiger partial charge in [0, 0.05) is 40.5 Å². The molecule has 0 spiro atoms. The van der Waals surface area contributed by atoms with Gasteiger partial charge < -0.3 is 32.4 Å². The molecule has 0 saturated carbocycles. The first-order valence-corrected chi connectivity index (χ1v) is 14.5. The Bertz CT molecular complexity index is 1290. The number of fused-ring (bicyclic) bond motifs is 3. The van der Waals surface area contributed by atoms with Gasteiger partial charge in [-0.2, -0.15) is 0 Å². The van der Waals surface area contributed by atoms with Crippen molar-refractivity contribution >= 4 is 34.4 Å². The monoisotopic (exact) mass is 609 g/mol. The summed E-state index contributed by atoms with van der Waals surface area (Å²) in [5.74, 6) is 1.59. The number of aromatic nitrogens is 3. The van der Waals surface area contributed by atoms with Crippen LogP contribution in [-0.4, -0.2) is 72.4 Å². The van der Waals surface area contributed by atoms with Gasteiger partial charge in [-0.15, -0.1) is 21.5 Å². The summed E-state index contributed by atoms with van der Waals surface area (Å²) in [5, 5.41) is 10.5. The minimum absolute atomic E-state index is 0. The summed E-state index contributed by atoms with van der Waals surface area (Å²) in [7, 11) is 0. The van der Waals surface area contributed by atoms with Gasteiger partial charge in [-0.25, -0.2) is 0 Å². The van der Waals surface area contributed by atoms with E-state index in [-0.39, 0.29) is 24.6 Å². The number of benzene rings is 1. The topological polar surface area (TPSA) is 115 Å². The third-order valence-electron chi connectivity index (χ3n) is 6.56. The molecular weight excluding hydrogens is 573 g/mol. The molecule has 12 heteroatoms. The largest absolute Gasteiger partial charge is 1.00 e. The predicted molar refractivity (Wildman–Crippen MR) is 152 cm³/mol. The van der Waals surface area contributed by atoms with Crippen molar-refractivity contribution in [2.75, 3.05) is 46.2 Å². The van der Waals surface area contributed by atoms with Gasteiger partial charge >= 0.3 is 0 Å². The number of aliphatic imine (C=N–C) groups is 1. The maximum absolute atomic E-state index is 13.1. The fraction of sp³-hybridized carbons (Fsp3) is 0.500. The number of Topliss-reactive ketones (excluding diaryl/α,β-unsaturated/α-hetero) is 1. The van der Waals surface area contributed by atoms with E-state index in [1.807, 2.05) is 31.2 Å². The second kappa shape index (κ2) is 15.7. The van der Waals surface area contributed by atoms with Crippen molar-refractivity contribution in [3.8, 4) is 5.00 Å². The van der Waals surface area contributed by atoms with Crippen molar-refractivity contribution in [1.82, 2.24) is 14.8 Å². The molecule has 0 aliphatic carbocycles. The Balaban J connectivity index is 0.00000441. The van der Waals surface area contributed by atoms with Crippen LogP contribution in [0.5, 0.6) is 0 Å². The number of nitrogens with zero attached hydrogens (tertiary/aromatic N) is 4. The number of thiophene rings is 1. The number of ketones is 1. The number of quaternary nitrogens is 1. The second-order valence-electron chi connectivity index (χ2n) is 9.44. The molecule has 1 aromatic carbocycles. The molecule has 1 aliphatic rings. The van der Waals surface area contributed by atoms with E-state index in [2.05, 4.69) is 34.3 Å². The van der Waals surface area contributed by atoms with Crippen molar-refractivity contribution in [2.45, 2.75) is 46.1 Å². The van der Waals surface area contributed by atoms with Gasteiger partial charge in [-0.1, -0.05) is 23.7 Å². The highest BCUT2D eigenvalue weighted by Crippen LogP contribution is 2.39. The average molecular weight is 611 g/mol. The van der Waals surface area contributed by atoms with Crippen LogP contribution in [0.2, 0.25) is 5.02 Å². The normalized spacial score (nSPS) is 14.2. The molecule has 0 fully saturated rings. The average Bonchev–Trinajstić information content (AvgIpc) is 3.39. The van der Waals surface area contributed by atoms with Crippen molar-refractivity contribution in [1.29, 1.82) is 0 Å². The Morgan fingerprint density at radius 2 is 1.65 bits per heavy atom. The summed E-state index contributed by atoms with van der Waals surface area (Å²) in [6.45, 7) is 10.2. The number of aryl methyl sites for hydroxylation is 2. The van der Waals surface area contributed by atoms with Crippen molar-refractivity contribution in [3.63, 3.8) is 0 Å². The quantitative estimate of drug-likeness (QED) is 0.255. The summed E-state index contributed by atoms with van der Waals surface area (Å²) in [6.07, 6.45) is 1.30. The van der Waals surface area contributed by atoms with Gasteiger partial charge in [0.15, 0.2) is 5.82 Å². The van der Waals surface area contributed by atoms with Crippen LogP contribution in [0.4, 0.5) is 0 Å². The maximum atomic E-state index is 13.1. The number of carbonyl (C=O) groups excluding carboxylic acids is 1. The molecular formula is C28H37Cl2N5O4S. The molecule has 0 amide bonds. The Kier molecular flexibility index (Phi) is 12.7. The van der Waals surface area contributed by atoms with Gasteiger partial charge in [0.25, 0.3) is 0 Å². The number of carbonyl (C=O) groups is 1. The lowest BCUT2D eigenvalue weighted by molar-refractivity contribution is -0.374. The zero-order valence-electron chi connectivity index (χ0n) is 23.3. The van der Waals surface area contributed by atoms with E-state index in [9.17, 15) is 4.79 Å². The van der Waals surface area contributed by atoms with Crippen LogP contribution in [0, 0.1) is 20.8 Å². The SMILES string of the molecule is Cc1sc2c(c1C)C(c1ccc(Cl)cc1)=N[C@@H](CC(=O)CCCOCCOCCOCC[NH3+])c1nnc(C)n1-2.[Cl-]. The maximum Gasteiger partial charge on any atom is 0.163 e. The summed E-state index contributed by atoms with van der Waals surface area (Å²) in [6, 6.07) is 7.25. The van der Waals surface area contributed by atoms with Gasteiger partial charge in [-0.3, -0.25) is 14.4 Å². The molecule has 40 heavy (non-hydrogen) atoms. The highest BCUT2D eigenvalue weighted by atomic mass is 35.5.